The fraction of sp³-hybridized carbons (Fsp3) is 0.429. The Bertz CT molecular complexity index is 771. The second-order valence-electron chi connectivity index (χ2n) is 7.65. The van der Waals surface area contributed by atoms with Gasteiger partial charge in [-0.1, -0.05) is 18.2 Å². The maximum atomic E-state index is 12.5. The van der Waals surface area contributed by atoms with Crippen molar-refractivity contribution < 1.29 is 14.6 Å². The van der Waals surface area contributed by atoms with Gasteiger partial charge in [0.1, 0.15) is 5.75 Å². The molecule has 1 amide bonds. The van der Waals surface area contributed by atoms with Crippen LogP contribution in [-0.2, 0) is 12.8 Å². The lowest BCUT2D eigenvalue weighted by molar-refractivity contribution is 0.0916. The van der Waals surface area contributed by atoms with Crippen molar-refractivity contribution in [3.63, 3.8) is 0 Å². The number of benzene rings is 1. The molecule has 2 rings (SSSR count). The highest BCUT2D eigenvalue weighted by Crippen LogP contribution is 2.20. The zero-order valence-corrected chi connectivity index (χ0v) is 16.4. The van der Waals surface area contributed by atoms with Crippen LogP contribution in [0.3, 0.4) is 0 Å². The number of pyridine rings is 1. The number of carbonyl (C=O) groups excluding carboxylic acids is 1. The molecule has 0 saturated heterocycles. The summed E-state index contributed by atoms with van der Waals surface area (Å²) in [6.45, 7) is 5.75. The molecule has 0 radical (unpaired) electrons. The van der Waals surface area contributed by atoms with Crippen LogP contribution in [0.2, 0.25) is 0 Å². The minimum absolute atomic E-state index is 0.198. The summed E-state index contributed by atoms with van der Waals surface area (Å²) in [6, 6.07) is 10.5. The van der Waals surface area contributed by atoms with Gasteiger partial charge in [-0.05, 0) is 51.0 Å². The lowest BCUT2D eigenvalue weighted by Gasteiger charge is -2.23. The van der Waals surface area contributed by atoms with Gasteiger partial charge in [-0.25, -0.2) is 0 Å². The first-order valence-corrected chi connectivity index (χ1v) is 9.03. The second-order valence-corrected chi connectivity index (χ2v) is 7.65. The molecule has 0 aliphatic heterocycles. The van der Waals surface area contributed by atoms with Crippen LogP contribution in [0.25, 0.3) is 0 Å². The summed E-state index contributed by atoms with van der Waals surface area (Å²) >= 11 is 0. The normalized spacial score (nSPS) is 13.7. The van der Waals surface area contributed by atoms with E-state index in [0.29, 0.717) is 17.7 Å². The summed E-state index contributed by atoms with van der Waals surface area (Å²) < 4.78 is 5.34. The number of nitrogens with zero attached hydrogens (tertiary/aromatic N) is 1. The SMILES string of the molecule is COc1ccccc1C[C@@H](N)[C@@H](O)Cc1ncccc1C(=O)NC(C)(C)C. The molecular weight excluding hydrogens is 342 g/mol. The summed E-state index contributed by atoms with van der Waals surface area (Å²) in [5.41, 5.74) is 7.77. The number of rotatable bonds is 7. The van der Waals surface area contributed by atoms with E-state index in [1.807, 2.05) is 45.0 Å². The number of nitrogens with two attached hydrogens (primary N) is 1. The molecule has 2 aromatic rings. The molecule has 0 spiro atoms. The number of para-hydroxylation sites is 1. The fourth-order valence-electron chi connectivity index (χ4n) is 2.83. The Hall–Kier alpha value is -2.44. The number of amides is 1. The zero-order chi connectivity index (χ0) is 20.0. The van der Waals surface area contributed by atoms with Gasteiger partial charge in [-0.2, -0.15) is 0 Å². The van der Waals surface area contributed by atoms with Crippen LogP contribution in [0.15, 0.2) is 42.6 Å². The van der Waals surface area contributed by atoms with Gasteiger partial charge in [0.25, 0.3) is 5.91 Å². The first kappa shape index (κ1) is 20.9. The molecule has 1 heterocycles. The predicted molar refractivity (Wildman–Crippen MR) is 106 cm³/mol. The molecule has 0 aliphatic rings. The van der Waals surface area contributed by atoms with E-state index >= 15 is 0 Å². The average molecular weight is 371 g/mol. The molecule has 1 aromatic carbocycles. The first-order valence-electron chi connectivity index (χ1n) is 9.03. The van der Waals surface area contributed by atoms with Gasteiger partial charge >= 0.3 is 0 Å². The van der Waals surface area contributed by atoms with E-state index in [9.17, 15) is 9.90 Å². The summed E-state index contributed by atoms with van der Waals surface area (Å²) in [4.78, 5) is 16.8. The van der Waals surface area contributed by atoms with Gasteiger partial charge in [-0.3, -0.25) is 9.78 Å². The number of nitrogens with one attached hydrogen (secondary N) is 1. The Kier molecular flexibility index (Phi) is 6.93. The average Bonchev–Trinajstić information content (AvgIpc) is 2.61. The minimum Gasteiger partial charge on any atom is -0.496 e. The highest BCUT2D eigenvalue weighted by molar-refractivity contribution is 5.95. The predicted octanol–water partition coefficient (Wildman–Crippen LogP) is 2.09. The summed E-state index contributed by atoms with van der Waals surface area (Å²) in [5.74, 6) is 0.527. The molecule has 146 valence electrons. The molecule has 0 saturated carbocycles. The van der Waals surface area contributed by atoms with Gasteiger partial charge in [0, 0.05) is 24.2 Å². The molecule has 0 fully saturated rings. The van der Waals surface area contributed by atoms with Crippen LogP contribution in [0.4, 0.5) is 0 Å². The molecule has 4 N–H and O–H groups in total. The number of aliphatic hydroxyl groups is 1. The molecule has 0 aliphatic carbocycles. The fourth-order valence-corrected chi connectivity index (χ4v) is 2.83. The number of carbonyl (C=O) groups is 1. The van der Waals surface area contributed by atoms with E-state index in [0.717, 1.165) is 11.3 Å². The van der Waals surface area contributed by atoms with E-state index < -0.39 is 12.1 Å². The van der Waals surface area contributed by atoms with E-state index in [2.05, 4.69) is 10.3 Å². The van der Waals surface area contributed by atoms with Crippen molar-refractivity contribution >= 4 is 5.91 Å². The van der Waals surface area contributed by atoms with E-state index in [1.165, 1.54) is 0 Å². The first-order chi connectivity index (χ1) is 12.7. The van der Waals surface area contributed by atoms with Crippen LogP contribution >= 0.6 is 0 Å². The van der Waals surface area contributed by atoms with Crippen molar-refractivity contribution in [2.45, 2.75) is 51.3 Å². The molecule has 1 aromatic heterocycles. The van der Waals surface area contributed by atoms with Crippen molar-refractivity contribution in [3.05, 3.63) is 59.4 Å². The van der Waals surface area contributed by atoms with Gasteiger partial charge in [0.15, 0.2) is 0 Å². The summed E-state index contributed by atoms with van der Waals surface area (Å²) in [7, 11) is 1.61. The molecule has 27 heavy (non-hydrogen) atoms. The monoisotopic (exact) mass is 371 g/mol. The number of aliphatic hydroxyl groups excluding tert-OH is 1. The summed E-state index contributed by atoms with van der Waals surface area (Å²) in [6.07, 6.45) is 1.43. The Labute approximate surface area is 160 Å². The highest BCUT2D eigenvalue weighted by atomic mass is 16.5. The lowest BCUT2D eigenvalue weighted by atomic mass is 9.96. The van der Waals surface area contributed by atoms with Crippen molar-refractivity contribution in [3.8, 4) is 5.75 Å². The molecule has 2 atom stereocenters. The third-order valence-electron chi connectivity index (χ3n) is 4.17. The smallest absolute Gasteiger partial charge is 0.253 e. The van der Waals surface area contributed by atoms with Crippen LogP contribution < -0.4 is 15.8 Å². The largest absolute Gasteiger partial charge is 0.496 e. The van der Waals surface area contributed by atoms with Gasteiger partial charge in [0.2, 0.25) is 0 Å². The Morgan fingerprint density at radius 3 is 2.59 bits per heavy atom. The van der Waals surface area contributed by atoms with Crippen molar-refractivity contribution in [2.24, 2.45) is 5.73 Å². The topological polar surface area (TPSA) is 97.5 Å². The van der Waals surface area contributed by atoms with Gasteiger partial charge in [0.05, 0.1) is 24.5 Å². The third kappa shape index (κ3) is 6.05. The zero-order valence-electron chi connectivity index (χ0n) is 16.4. The third-order valence-corrected chi connectivity index (χ3v) is 4.17. The Balaban J connectivity index is 2.11. The van der Waals surface area contributed by atoms with Crippen LogP contribution in [0.1, 0.15) is 42.4 Å². The number of aromatic nitrogens is 1. The van der Waals surface area contributed by atoms with Gasteiger partial charge < -0.3 is 20.9 Å². The van der Waals surface area contributed by atoms with Crippen LogP contribution in [0, 0.1) is 0 Å². The molecule has 6 heteroatoms. The van der Waals surface area contributed by atoms with Crippen LogP contribution in [-0.4, -0.2) is 40.8 Å². The highest BCUT2D eigenvalue weighted by Gasteiger charge is 2.23. The van der Waals surface area contributed by atoms with Crippen LogP contribution in [0.5, 0.6) is 5.75 Å². The molecular formula is C21H29N3O3. The van der Waals surface area contributed by atoms with E-state index in [-0.39, 0.29) is 17.9 Å². The Morgan fingerprint density at radius 1 is 1.22 bits per heavy atom. The molecule has 6 nitrogen and oxygen atoms in total. The quantitative estimate of drug-likeness (QED) is 0.692. The Morgan fingerprint density at radius 2 is 1.93 bits per heavy atom. The maximum Gasteiger partial charge on any atom is 0.253 e. The number of hydrogen-bond donors (Lipinski definition) is 3. The van der Waals surface area contributed by atoms with Crippen molar-refractivity contribution in [1.29, 1.82) is 0 Å². The summed E-state index contributed by atoms with van der Waals surface area (Å²) in [5, 5.41) is 13.5. The van der Waals surface area contributed by atoms with E-state index in [1.54, 1.807) is 25.4 Å². The van der Waals surface area contributed by atoms with Crippen molar-refractivity contribution in [2.75, 3.05) is 7.11 Å². The van der Waals surface area contributed by atoms with E-state index in [4.69, 9.17) is 10.5 Å². The maximum absolute atomic E-state index is 12.5. The number of methoxy groups -OCH3 is 1. The second kappa shape index (κ2) is 8.97. The molecule has 0 unspecified atom stereocenters. The minimum atomic E-state index is -0.842. The van der Waals surface area contributed by atoms with Crippen molar-refractivity contribution in [1.82, 2.24) is 10.3 Å². The van der Waals surface area contributed by atoms with Gasteiger partial charge in [-0.15, -0.1) is 0 Å². The lowest BCUT2D eigenvalue weighted by Crippen LogP contribution is -2.42. The molecule has 0 bridgehead atoms. The standard InChI is InChI=1S/C21H29N3O3/c1-21(2,3)24-20(26)15-9-7-11-23-17(15)13-18(25)16(22)12-14-8-5-6-10-19(14)27-4/h5-11,16,18,25H,12-13,22H2,1-4H3,(H,24,26)/t16-,18+/m1/s1. The number of hydrogen-bond acceptors (Lipinski definition) is 5. The number of ether oxygens (including phenoxy) is 1.